The van der Waals surface area contributed by atoms with E-state index in [0.717, 1.165) is 5.56 Å². The average Bonchev–Trinajstić information content (AvgIpc) is 2.89. The van der Waals surface area contributed by atoms with Gasteiger partial charge in [0.15, 0.2) is 0 Å². The number of nitrogens with zero attached hydrogens (tertiary/aromatic N) is 1. The van der Waals surface area contributed by atoms with E-state index in [2.05, 4.69) is 10.3 Å². The molecule has 2 aromatic rings. The molecular formula is C14H15FN2O2S. The summed E-state index contributed by atoms with van der Waals surface area (Å²) in [5.41, 5.74) is 0.351. The second-order valence-corrected chi connectivity index (χ2v) is 5.90. The van der Waals surface area contributed by atoms with Crippen molar-refractivity contribution in [3.05, 3.63) is 41.2 Å². The van der Waals surface area contributed by atoms with Gasteiger partial charge < -0.3 is 10.4 Å². The summed E-state index contributed by atoms with van der Waals surface area (Å²) >= 11 is 1.31. The van der Waals surface area contributed by atoms with Crippen molar-refractivity contribution in [1.82, 2.24) is 10.3 Å². The minimum Gasteiger partial charge on any atom is -0.394 e. The summed E-state index contributed by atoms with van der Waals surface area (Å²) in [5.74, 6) is -0.651. The minimum absolute atomic E-state index is 0.159. The molecule has 0 saturated carbocycles. The van der Waals surface area contributed by atoms with Gasteiger partial charge in [0, 0.05) is 10.9 Å². The molecule has 0 radical (unpaired) electrons. The fourth-order valence-corrected chi connectivity index (χ4v) is 2.32. The topological polar surface area (TPSA) is 62.2 Å². The number of carbonyl (C=O) groups excluding carboxylic acids is 1. The maximum Gasteiger partial charge on any atom is 0.271 e. The molecule has 0 unspecified atom stereocenters. The van der Waals surface area contributed by atoms with Crippen LogP contribution in [0.2, 0.25) is 0 Å². The van der Waals surface area contributed by atoms with E-state index in [1.165, 1.54) is 23.5 Å². The third kappa shape index (κ3) is 3.40. The van der Waals surface area contributed by atoms with Crippen molar-refractivity contribution in [2.24, 2.45) is 0 Å². The Morgan fingerprint density at radius 1 is 1.40 bits per heavy atom. The third-order valence-corrected chi connectivity index (χ3v) is 3.57. The van der Waals surface area contributed by atoms with Crippen LogP contribution in [0.5, 0.6) is 0 Å². The zero-order chi connectivity index (χ0) is 14.8. The van der Waals surface area contributed by atoms with Crippen LogP contribution in [0.25, 0.3) is 10.6 Å². The number of amides is 1. The van der Waals surface area contributed by atoms with Crippen molar-refractivity contribution in [3.8, 4) is 10.6 Å². The first-order chi connectivity index (χ1) is 9.41. The summed E-state index contributed by atoms with van der Waals surface area (Å²) in [4.78, 5) is 16.2. The fourth-order valence-electron chi connectivity index (χ4n) is 1.51. The number of benzene rings is 1. The van der Waals surface area contributed by atoms with E-state index in [9.17, 15) is 9.18 Å². The molecule has 0 aliphatic rings. The van der Waals surface area contributed by atoms with E-state index in [4.69, 9.17) is 5.11 Å². The van der Waals surface area contributed by atoms with Crippen molar-refractivity contribution < 1.29 is 14.3 Å². The van der Waals surface area contributed by atoms with Gasteiger partial charge in [-0.05, 0) is 38.1 Å². The van der Waals surface area contributed by atoms with Crippen molar-refractivity contribution in [2.75, 3.05) is 6.61 Å². The molecule has 6 heteroatoms. The Balaban J connectivity index is 2.17. The maximum atomic E-state index is 12.9. The molecule has 0 atom stereocenters. The Labute approximate surface area is 120 Å². The molecule has 1 heterocycles. The zero-order valence-electron chi connectivity index (χ0n) is 11.2. The SMILES string of the molecule is CC(C)(CO)NC(=O)c1csc(-c2ccc(F)cc2)n1. The summed E-state index contributed by atoms with van der Waals surface area (Å²) in [7, 11) is 0. The van der Waals surface area contributed by atoms with E-state index in [1.807, 2.05) is 0 Å². The number of carbonyl (C=O) groups is 1. The van der Waals surface area contributed by atoms with Crippen LogP contribution in [0.1, 0.15) is 24.3 Å². The van der Waals surface area contributed by atoms with E-state index >= 15 is 0 Å². The van der Waals surface area contributed by atoms with E-state index in [0.29, 0.717) is 5.01 Å². The van der Waals surface area contributed by atoms with Crippen molar-refractivity contribution in [3.63, 3.8) is 0 Å². The minimum atomic E-state index is -0.698. The van der Waals surface area contributed by atoms with Gasteiger partial charge in [-0.3, -0.25) is 4.79 Å². The number of halogens is 1. The highest BCUT2D eigenvalue weighted by Crippen LogP contribution is 2.24. The van der Waals surface area contributed by atoms with Gasteiger partial charge in [0.2, 0.25) is 0 Å². The predicted molar refractivity (Wildman–Crippen MR) is 76.1 cm³/mol. The van der Waals surface area contributed by atoms with Crippen LogP contribution in [-0.4, -0.2) is 28.1 Å². The molecule has 0 aliphatic carbocycles. The zero-order valence-corrected chi connectivity index (χ0v) is 12.0. The summed E-state index contributed by atoms with van der Waals surface area (Å²) in [6, 6.07) is 5.94. The van der Waals surface area contributed by atoms with Gasteiger partial charge in [0.1, 0.15) is 16.5 Å². The van der Waals surface area contributed by atoms with Crippen LogP contribution < -0.4 is 5.32 Å². The number of hydrogen-bond donors (Lipinski definition) is 2. The van der Waals surface area contributed by atoms with Gasteiger partial charge in [-0.2, -0.15) is 0 Å². The molecule has 2 rings (SSSR count). The molecule has 1 amide bonds. The molecule has 4 nitrogen and oxygen atoms in total. The molecule has 0 saturated heterocycles. The van der Waals surface area contributed by atoms with E-state index in [-0.39, 0.29) is 24.0 Å². The molecule has 1 aromatic carbocycles. The number of nitrogens with one attached hydrogen (secondary N) is 1. The highest BCUT2D eigenvalue weighted by Gasteiger charge is 2.21. The van der Waals surface area contributed by atoms with Crippen LogP contribution >= 0.6 is 11.3 Å². The summed E-state index contributed by atoms with van der Waals surface area (Å²) in [6.45, 7) is 3.28. The molecule has 1 aromatic heterocycles. The van der Waals surface area contributed by atoms with Crippen molar-refractivity contribution in [1.29, 1.82) is 0 Å². The van der Waals surface area contributed by atoms with Gasteiger partial charge in [-0.15, -0.1) is 11.3 Å². The molecule has 0 fully saturated rings. The van der Waals surface area contributed by atoms with Crippen LogP contribution in [-0.2, 0) is 0 Å². The number of thiazole rings is 1. The highest BCUT2D eigenvalue weighted by molar-refractivity contribution is 7.13. The molecule has 0 spiro atoms. The molecule has 106 valence electrons. The second kappa shape index (κ2) is 5.68. The maximum absolute atomic E-state index is 12.9. The average molecular weight is 294 g/mol. The van der Waals surface area contributed by atoms with Crippen molar-refractivity contribution >= 4 is 17.2 Å². The van der Waals surface area contributed by atoms with Crippen LogP contribution in [0.15, 0.2) is 29.6 Å². The Morgan fingerprint density at radius 2 is 2.05 bits per heavy atom. The first-order valence-electron chi connectivity index (χ1n) is 6.06. The van der Waals surface area contributed by atoms with Crippen molar-refractivity contribution in [2.45, 2.75) is 19.4 Å². The lowest BCUT2D eigenvalue weighted by atomic mass is 10.1. The summed E-state index contributed by atoms with van der Waals surface area (Å²) in [5, 5.41) is 14.1. The van der Waals surface area contributed by atoms with Gasteiger partial charge in [0.05, 0.1) is 12.1 Å². The summed E-state index contributed by atoms with van der Waals surface area (Å²) < 4.78 is 12.9. The Morgan fingerprint density at radius 3 is 2.65 bits per heavy atom. The number of aromatic nitrogens is 1. The third-order valence-electron chi connectivity index (χ3n) is 2.68. The van der Waals surface area contributed by atoms with Gasteiger partial charge in [0.25, 0.3) is 5.91 Å². The van der Waals surface area contributed by atoms with Crippen LogP contribution in [0, 0.1) is 5.82 Å². The van der Waals surface area contributed by atoms with E-state index in [1.54, 1.807) is 31.4 Å². The lowest BCUT2D eigenvalue weighted by Crippen LogP contribution is -2.46. The molecule has 0 aliphatic heterocycles. The van der Waals surface area contributed by atoms with Crippen LogP contribution in [0.3, 0.4) is 0 Å². The Hall–Kier alpha value is -1.79. The Kier molecular flexibility index (Phi) is 4.15. The fraction of sp³-hybridized carbons (Fsp3) is 0.286. The summed E-state index contributed by atoms with van der Waals surface area (Å²) in [6.07, 6.45) is 0. The standard InChI is InChI=1S/C14H15FN2O2S/c1-14(2,8-18)17-12(19)11-7-20-13(16-11)9-3-5-10(15)6-4-9/h3-7,18H,8H2,1-2H3,(H,17,19). The quantitative estimate of drug-likeness (QED) is 0.910. The predicted octanol–water partition coefficient (Wildman–Crippen LogP) is 2.45. The van der Waals surface area contributed by atoms with Crippen LogP contribution in [0.4, 0.5) is 4.39 Å². The number of aliphatic hydroxyl groups excluding tert-OH is 1. The second-order valence-electron chi connectivity index (χ2n) is 5.04. The molecule has 0 bridgehead atoms. The monoisotopic (exact) mass is 294 g/mol. The van der Waals surface area contributed by atoms with Gasteiger partial charge in [-0.25, -0.2) is 9.37 Å². The number of aliphatic hydroxyl groups is 1. The van der Waals surface area contributed by atoms with Gasteiger partial charge >= 0.3 is 0 Å². The highest BCUT2D eigenvalue weighted by atomic mass is 32.1. The normalized spacial score (nSPS) is 11.4. The first kappa shape index (κ1) is 14.6. The number of hydrogen-bond acceptors (Lipinski definition) is 4. The lowest BCUT2D eigenvalue weighted by Gasteiger charge is -2.22. The molecular weight excluding hydrogens is 279 g/mol. The molecule has 20 heavy (non-hydrogen) atoms. The number of rotatable bonds is 4. The largest absolute Gasteiger partial charge is 0.394 e. The Bertz CT molecular complexity index is 608. The smallest absolute Gasteiger partial charge is 0.271 e. The molecule has 2 N–H and O–H groups in total. The van der Waals surface area contributed by atoms with Gasteiger partial charge in [-0.1, -0.05) is 0 Å². The first-order valence-corrected chi connectivity index (χ1v) is 6.94. The lowest BCUT2D eigenvalue weighted by molar-refractivity contribution is 0.0865. The van der Waals surface area contributed by atoms with E-state index < -0.39 is 5.54 Å².